The molecule has 1 aromatic rings. The molecule has 5 heteroatoms. The number of hydrogen-bond acceptors (Lipinski definition) is 4. The Morgan fingerprint density at radius 1 is 1.67 bits per heavy atom. The Morgan fingerprint density at radius 2 is 2.50 bits per heavy atom. The van der Waals surface area contributed by atoms with E-state index in [9.17, 15) is 4.79 Å². The van der Waals surface area contributed by atoms with Crippen molar-refractivity contribution < 1.29 is 14.6 Å². The Morgan fingerprint density at radius 3 is 3.22 bits per heavy atom. The largest absolute Gasteiger partial charge is 0.480 e. The maximum absolute atomic E-state index is 12.3. The van der Waals surface area contributed by atoms with Gasteiger partial charge in [0.25, 0.3) is 5.91 Å². The molecule has 0 aliphatic carbocycles. The molecule has 1 saturated heterocycles. The van der Waals surface area contributed by atoms with Gasteiger partial charge in [-0.3, -0.25) is 4.79 Å². The minimum Gasteiger partial charge on any atom is -0.480 e. The number of pyridine rings is 1. The van der Waals surface area contributed by atoms with Crippen molar-refractivity contribution in [2.45, 2.75) is 12.8 Å². The zero-order valence-corrected chi connectivity index (χ0v) is 10.5. The first-order valence-corrected chi connectivity index (χ1v) is 6.15. The van der Waals surface area contributed by atoms with E-state index in [-0.39, 0.29) is 12.5 Å². The van der Waals surface area contributed by atoms with Gasteiger partial charge in [0.2, 0.25) is 5.88 Å². The summed E-state index contributed by atoms with van der Waals surface area (Å²) in [6.07, 6.45) is 3.32. The zero-order chi connectivity index (χ0) is 13.0. The number of carbonyl (C=O) groups is 1. The number of rotatable bonds is 4. The highest BCUT2D eigenvalue weighted by molar-refractivity contribution is 5.96. The highest BCUT2D eigenvalue weighted by Gasteiger charge is 2.28. The number of amides is 1. The Kier molecular flexibility index (Phi) is 4.15. The smallest absolute Gasteiger partial charge is 0.259 e. The Hall–Kier alpha value is -1.62. The van der Waals surface area contributed by atoms with Crippen LogP contribution in [0.25, 0.3) is 0 Å². The van der Waals surface area contributed by atoms with Crippen LogP contribution in [0.2, 0.25) is 0 Å². The van der Waals surface area contributed by atoms with Crippen molar-refractivity contribution in [2.75, 3.05) is 26.8 Å². The van der Waals surface area contributed by atoms with E-state index in [1.165, 1.54) is 7.11 Å². The molecule has 1 fully saturated rings. The molecular weight excluding hydrogens is 232 g/mol. The summed E-state index contributed by atoms with van der Waals surface area (Å²) in [7, 11) is 1.51. The van der Waals surface area contributed by atoms with E-state index in [0.717, 1.165) is 19.4 Å². The SMILES string of the molecule is COc1ncccc1C(=O)N1CCC(CCO)C1. The van der Waals surface area contributed by atoms with Gasteiger partial charge < -0.3 is 14.7 Å². The first-order valence-electron chi connectivity index (χ1n) is 6.15. The van der Waals surface area contributed by atoms with E-state index < -0.39 is 0 Å². The van der Waals surface area contributed by atoms with Crippen molar-refractivity contribution in [1.82, 2.24) is 9.88 Å². The molecule has 0 spiro atoms. The fourth-order valence-corrected chi connectivity index (χ4v) is 2.32. The number of methoxy groups -OCH3 is 1. The Labute approximate surface area is 106 Å². The third-order valence-electron chi connectivity index (χ3n) is 3.31. The predicted octanol–water partition coefficient (Wildman–Crippen LogP) is 0.935. The molecule has 0 saturated carbocycles. The van der Waals surface area contributed by atoms with Crippen LogP contribution in [0.15, 0.2) is 18.3 Å². The van der Waals surface area contributed by atoms with E-state index in [1.807, 2.05) is 0 Å². The molecule has 0 bridgehead atoms. The second-order valence-electron chi connectivity index (χ2n) is 4.48. The summed E-state index contributed by atoms with van der Waals surface area (Å²) in [5.74, 6) is 0.732. The van der Waals surface area contributed by atoms with Crippen LogP contribution in [0, 0.1) is 5.92 Å². The zero-order valence-electron chi connectivity index (χ0n) is 10.5. The van der Waals surface area contributed by atoms with Crippen molar-refractivity contribution in [1.29, 1.82) is 0 Å². The van der Waals surface area contributed by atoms with Gasteiger partial charge in [0.1, 0.15) is 5.56 Å². The van der Waals surface area contributed by atoms with Crippen molar-refractivity contribution in [3.05, 3.63) is 23.9 Å². The van der Waals surface area contributed by atoms with E-state index in [1.54, 1.807) is 23.2 Å². The van der Waals surface area contributed by atoms with E-state index in [2.05, 4.69) is 4.98 Å². The predicted molar refractivity (Wildman–Crippen MR) is 66.5 cm³/mol. The number of likely N-dealkylation sites (tertiary alicyclic amines) is 1. The number of carbonyl (C=O) groups excluding carboxylic acids is 1. The maximum Gasteiger partial charge on any atom is 0.259 e. The van der Waals surface area contributed by atoms with Gasteiger partial charge in [0.15, 0.2) is 0 Å². The summed E-state index contributed by atoms with van der Waals surface area (Å²) < 4.78 is 5.10. The fourth-order valence-electron chi connectivity index (χ4n) is 2.32. The molecule has 1 N–H and O–H groups in total. The summed E-state index contributed by atoms with van der Waals surface area (Å²) in [5.41, 5.74) is 0.504. The summed E-state index contributed by atoms with van der Waals surface area (Å²) in [5, 5.41) is 8.92. The highest BCUT2D eigenvalue weighted by atomic mass is 16.5. The normalized spacial score (nSPS) is 19.0. The number of ether oxygens (including phenoxy) is 1. The molecular formula is C13H18N2O3. The van der Waals surface area contributed by atoms with Gasteiger partial charge in [-0.25, -0.2) is 4.98 Å². The number of aliphatic hydroxyl groups is 1. The molecule has 1 aliphatic rings. The third-order valence-corrected chi connectivity index (χ3v) is 3.31. The number of nitrogens with zero attached hydrogens (tertiary/aromatic N) is 2. The maximum atomic E-state index is 12.3. The van der Waals surface area contributed by atoms with Crippen LogP contribution in [0.3, 0.4) is 0 Å². The average Bonchev–Trinajstić information content (AvgIpc) is 2.87. The van der Waals surface area contributed by atoms with Gasteiger partial charge in [-0.1, -0.05) is 0 Å². The average molecular weight is 250 g/mol. The lowest BCUT2D eigenvalue weighted by Crippen LogP contribution is -2.29. The quantitative estimate of drug-likeness (QED) is 0.863. The molecule has 1 aromatic heterocycles. The van der Waals surface area contributed by atoms with Crippen LogP contribution in [-0.4, -0.2) is 47.7 Å². The summed E-state index contributed by atoms with van der Waals surface area (Å²) >= 11 is 0. The van der Waals surface area contributed by atoms with Crippen LogP contribution in [0.5, 0.6) is 5.88 Å². The second kappa shape index (κ2) is 5.82. The number of hydrogen-bond donors (Lipinski definition) is 1. The number of aliphatic hydroxyl groups excluding tert-OH is 1. The summed E-state index contributed by atoms with van der Waals surface area (Å²) in [6.45, 7) is 1.63. The molecule has 98 valence electrons. The lowest BCUT2D eigenvalue weighted by molar-refractivity contribution is 0.0780. The molecule has 2 heterocycles. The van der Waals surface area contributed by atoms with Gasteiger partial charge in [0, 0.05) is 25.9 Å². The van der Waals surface area contributed by atoms with E-state index >= 15 is 0 Å². The molecule has 1 unspecified atom stereocenters. The minimum absolute atomic E-state index is 0.0413. The molecule has 18 heavy (non-hydrogen) atoms. The topological polar surface area (TPSA) is 62.7 Å². The first-order chi connectivity index (χ1) is 8.76. The van der Waals surface area contributed by atoms with Gasteiger partial charge in [-0.05, 0) is 30.9 Å². The summed E-state index contributed by atoms with van der Waals surface area (Å²) in [6, 6.07) is 3.46. The van der Waals surface area contributed by atoms with Crippen molar-refractivity contribution in [3.8, 4) is 5.88 Å². The molecule has 0 radical (unpaired) electrons. The van der Waals surface area contributed by atoms with Crippen LogP contribution in [0.1, 0.15) is 23.2 Å². The van der Waals surface area contributed by atoms with Crippen LogP contribution in [0.4, 0.5) is 0 Å². The fraction of sp³-hybridized carbons (Fsp3) is 0.538. The van der Waals surface area contributed by atoms with E-state index in [0.29, 0.717) is 23.9 Å². The van der Waals surface area contributed by atoms with Gasteiger partial charge in [-0.15, -0.1) is 0 Å². The van der Waals surface area contributed by atoms with Crippen LogP contribution in [-0.2, 0) is 0 Å². The standard InChI is InChI=1S/C13H18N2O3/c1-18-12-11(3-2-6-14-12)13(17)15-7-4-10(9-15)5-8-16/h2-3,6,10,16H,4-5,7-9H2,1H3. The molecule has 2 rings (SSSR count). The molecule has 0 aromatic carbocycles. The highest BCUT2D eigenvalue weighted by Crippen LogP contribution is 2.23. The van der Waals surface area contributed by atoms with Crippen molar-refractivity contribution >= 4 is 5.91 Å². The Bertz CT molecular complexity index is 422. The Balaban J connectivity index is 2.08. The minimum atomic E-state index is -0.0413. The van der Waals surface area contributed by atoms with Crippen LogP contribution >= 0.6 is 0 Å². The summed E-state index contributed by atoms with van der Waals surface area (Å²) in [4.78, 5) is 18.2. The monoisotopic (exact) mass is 250 g/mol. The lowest BCUT2D eigenvalue weighted by Gasteiger charge is -2.17. The van der Waals surface area contributed by atoms with Crippen LogP contribution < -0.4 is 4.74 Å². The van der Waals surface area contributed by atoms with Crippen molar-refractivity contribution in [3.63, 3.8) is 0 Å². The molecule has 1 amide bonds. The first kappa shape index (κ1) is 12.8. The third kappa shape index (κ3) is 2.61. The number of aromatic nitrogens is 1. The van der Waals surface area contributed by atoms with Crippen molar-refractivity contribution in [2.24, 2.45) is 5.92 Å². The second-order valence-corrected chi connectivity index (χ2v) is 4.48. The van der Waals surface area contributed by atoms with Gasteiger partial charge in [0.05, 0.1) is 7.11 Å². The van der Waals surface area contributed by atoms with Gasteiger partial charge in [-0.2, -0.15) is 0 Å². The molecule has 1 atom stereocenters. The molecule has 5 nitrogen and oxygen atoms in total. The molecule has 1 aliphatic heterocycles. The van der Waals surface area contributed by atoms with Gasteiger partial charge >= 0.3 is 0 Å². The van der Waals surface area contributed by atoms with E-state index in [4.69, 9.17) is 9.84 Å². The lowest BCUT2D eigenvalue weighted by atomic mass is 10.1.